The monoisotopic (exact) mass is 116 g/mol. The summed E-state index contributed by atoms with van der Waals surface area (Å²) in [5, 5.41) is 0. The molecule has 0 bridgehead atoms. The summed E-state index contributed by atoms with van der Waals surface area (Å²) in [7, 11) is 0. The van der Waals surface area contributed by atoms with E-state index in [1.165, 1.54) is 0 Å². The van der Waals surface area contributed by atoms with Gasteiger partial charge in [-0.15, -0.1) is 5.73 Å². The van der Waals surface area contributed by atoms with Crippen LogP contribution in [0.3, 0.4) is 0 Å². The van der Waals surface area contributed by atoms with E-state index >= 15 is 0 Å². The molecular weight excluding hydrogens is 110 g/mol. The maximum absolute atomic E-state index is 5.01. The molecule has 1 aromatic rings. The summed E-state index contributed by atoms with van der Waals surface area (Å²) in [6, 6.07) is 5.61. The second-order valence-corrected chi connectivity index (χ2v) is 1.57. The second-order valence-electron chi connectivity index (χ2n) is 1.57. The van der Waals surface area contributed by atoms with E-state index in [1.54, 1.807) is 12.3 Å². The molecule has 1 radical (unpaired) electrons. The van der Waals surface area contributed by atoms with Gasteiger partial charge in [-0.25, -0.2) is 0 Å². The van der Waals surface area contributed by atoms with E-state index in [-0.39, 0.29) is 0 Å². The zero-order valence-corrected chi connectivity index (χ0v) is 4.91. The highest BCUT2D eigenvalue weighted by Gasteiger charge is 1.79. The highest BCUT2D eigenvalue weighted by molar-refractivity contribution is 5.41. The van der Waals surface area contributed by atoms with Gasteiger partial charge in [-0.2, -0.15) is 0 Å². The predicted octanol–water partition coefficient (Wildman–Crippen LogP) is 1.68. The van der Waals surface area contributed by atoms with Crippen LogP contribution in [0.4, 0.5) is 0 Å². The summed E-state index contributed by atoms with van der Waals surface area (Å²) in [4.78, 5) is 3.97. The lowest BCUT2D eigenvalue weighted by Gasteiger charge is -1.84. The Morgan fingerprint density at radius 1 is 1.56 bits per heavy atom. The maximum atomic E-state index is 5.01. The summed E-state index contributed by atoms with van der Waals surface area (Å²) in [5.74, 6) is 0. The molecule has 0 atom stereocenters. The van der Waals surface area contributed by atoms with Crippen LogP contribution in [0.5, 0.6) is 0 Å². The Bertz CT molecular complexity index is 220. The van der Waals surface area contributed by atoms with Gasteiger partial charge in [0.15, 0.2) is 0 Å². The molecule has 0 aliphatic carbocycles. The largest absolute Gasteiger partial charge is 0.256 e. The Kier molecular flexibility index (Phi) is 1.84. The fourth-order valence-electron chi connectivity index (χ4n) is 0.547. The minimum Gasteiger partial charge on any atom is -0.256 e. The molecule has 0 aliphatic rings. The maximum Gasteiger partial charge on any atom is 0.0706 e. The van der Waals surface area contributed by atoms with Crippen molar-refractivity contribution in [3.05, 3.63) is 42.4 Å². The zero-order chi connectivity index (χ0) is 6.53. The Hall–Kier alpha value is -1.33. The molecule has 0 fully saturated rings. The molecule has 1 heteroatoms. The van der Waals surface area contributed by atoms with Crippen LogP contribution in [-0.4, -0.2) is 4.98 Å². The molecular formula is C8H6N. The van der Waals surface area contributed by atoms with Gasteiger partial charge in [0.05, 0.1) is 5.69 Å². The molecule has 0 N–H and O–H groups in total. The molecule has 0 aromatic carbocycles. The lowest BCUT2D eigenvalue weighted by atomic mass is 10.3. The van der Waals surface area contributed by atoms with Crippen molar-refractivity contribution in [3.63, 3.8) is 0 Å². The SMILES string of the molecule is [CH]=C=Cc1ccccn1. The Morgan fingerprint density at radius 2 is 2.44 bits per heavy atom. The molecule has 1 heterocycles. The lowest BCUT2D eigenvalue weighted by molar-refractivity contribution is 1.30. The molecule has 1 rings (SSSR count). The highest BCUT2D eigenvalue weighted by atomic mass is 14.6. The van der Waals surface area contributed by atoms with Crippen LogP contribution in [0.15, 0.2) is 30.1 Å². The number of hydrogen-bond donors (Lipinski definition) is 0. The van der Waals surface area contributed by atoms with Gasteiger partial charge in [0.25, 0.3) is 0 Å². The van der Waals surface area contributed by atoms with Gasteiger partial charge in [0, 0.05) is 12.3 Å². The van der Waals surface area contributed by atoms with E-state index in [0.29, 0.717) is 0 Å². The quantitative estimate of drug-likeness (QED) is 0.509. The van der Waals surface area contributed by atoms with E-state index in [1.807, 2.05) is 18.2 Å². The van der Waals surface area contributed by atoms with Gasteiger partial charge in [-0.1, -0.05) is 6.07 Å². The zero-order valence-electron chi connectivity index (χ0n) is 4.91. The van der Waals surface area contributed by atoms with E-state index in [2.05, 4.69) is 10.7 Å². The third kappa shape index (κ3) is 1.56. The Balaban J connectivity index is 2.97. The molecule has 0 aliphatic heterocycles. The summed E-state index contributed by atoms with van der Waals surface area (Å²) in [6.07, 6.45) is 3.34. The third-order valence-corrected chi connectivity index (χ3v) is 0.919. The van der Waals surface area contributed by atoms with Crippen LogP contribution in [0.2, 0.25) is 0 Å². The predicted molar refractivity (Wildman–Crippen MR) is 36.5 cm³/mol. The standard InChI is InChI=1S/C8H6N/c1-2-5-8-6-3-4-7-9-8/h1,3-7H. The summed E-state index contributed by atoms with van der Waals surface area (Å²) in [6.45, 7) is 5.01. The molecule has 1 nitrogen and oxygen atoms in total. The van der Waals surface area contributed by atoms with Crippen molar-refractivity contribution in [2.75, 3.05) is 0 Å². The number of hydrogen-bond acceptors (Lipinski definition) is 1. The van der Waals surface area contributed by atoms with Crippen molar-refractivity contribution in [2.45, 2.75) is 0 Å². The van der Waals surface area contributed by atoms with Crippen LogP contribution in [0.25, 0.3) is 6.08 Å². The van der Waals surface area contributed by atoms with Gasteiger partial charge in [0.1, 0.15) is 0 Å². The van der Waals surface area contributed by atoms with Crippen LogP contribution >= 0.6 is 0 Å². The topological polar surface area (TPSA) is 12.9 Å². The van der Waals surface area contributed by atoms with Crippen molar-refractivity contribution in [1.82, 2.24) is 4.98 Å². The average molecular weight is 116 g/mol. The van der Waals surface area contributed by atoms with Gasteiger partial charge in [-0.05, 0) is 18.7 Å². The summed E-state index contributed by atoms with van der Waals surface area (Å²) < 4.78 is 0. The molecule has 1 aromatic heterocycles. The fourth-order valence-corrected chi connectivity index (χ4v) is 0.547. The minimum absolute atomic E-state index is 0.833. The summed E-state index contributed by atoms with van der Waals surface area (Å²) in [5.41, 5.74) is 3.23. The minimum atomic E-state index is 0.833. The van der Waals surface area contributed by atoms with Gasteiger partial charge in [-0.3, -0.25) is 4.98 Å². The van der Waals surface area contributed by atoms with E-state index in [4.69, 9.17) is 6.58 Å². The normalized spacial score (nSPS) is 8.00. The van der Waals surface area contributed by atoms with Crippen molar-refractivity contribution >= 4 is 6.08 Å². The first kappa shape index (κ1) is 5.80. The summed E-state index contributed by atoms with van der Waals surface area (Å²) >= 11 is 0. The molecule has 9 heavy (non-hydrogen) atoms. The Morgan fingerprint density at radius 3 is 3.00 bits per heavy atom. The van der Waals surface area contributed by atoms with Crippen LogP contribution in [-0.2, 0) is 0 Å². The molecule has 0 saturated heterocycles. The van der Waals surface area contributed by atoms with Gasteiger partial charge in [0.2, 0.25) is 0 Å². The van der Waals surface area contributed by atoms with E-state index in [9.17, 15) is 0 Å². The molecule has 0 amide bonds. The number of nitrogens with zero attached hydrogens (tertiary/aromatic N) is 1. The van der Waals surface area contributed by atoms with Crippen molar-refractivity contribution in [1.29, 1.82) is 0 Å². The average Bonchev–Trinajstić information content (AvgIpc) is 1.91. The van der Waals surface area contributed by atoms with Crippen LogP contribution in [0, 0.1) is 6.58 Å². The lowest BCUT2D eigenvalue weighted by Crippen LogP contribution is -1.73. The third-order valence-electron chi connectivity index (χ3n) is 0.919. The van der Waals surface area contributed by atoms with Crippen molar-refractivity contribution in [3.8, 4) is 0 Å². The number of pyridine rings is 1. The van der Waals surface area contributed by atoms with Crippen molar-refractivity contribution < 1.29 is 0 Å². The number of rotatable bonds is 1. The first-order valence-corrected chi connectivity index (χ1v) is 2.64. The second kappa shape index (κ2) is 2.85. The molecule has 0 unspecified atom stereocenters. The van der Waals surface area contributed by atoms with Gasteiger partial charge < -0.3 is 0 Å². The van der Waals surface area contributed by atoms with Crippen LogP contribution in [0.1, 0.15) is 5.69 Å². The van der Waals surface area contributed by atoms with E-state index < -0.39 is 0 Å². The first-order valence-electron chi connectivity index (χ1n) is 2.64. The van der Waals surface area contributed by atoms with Gasteiger partial charge >= 0.3 is 0 Å². The smallest absolute Gasteiger partial charge is 0.0706 e. The number of aromatic nitrogens is 1. The molecule has 0 saturated carbocycles. The highest BCUT2D eigenvalue weighted by Crippen LogP contribution is 1.92. The molecule has 0 spiro atoms. The van der Waals surface area contributed by atoms with Crippen molar-refractivity contribution in [2.24, 2.45) is 0 Å². The molecule has 43 valence electrons. The first-order chi connectivity index (χ1) is 4.43. The van der Waals surface area contributed by atoms with E-state index in [0.717, 1.165) is 5.69 Å². The van der Waals surface area contributed by atoms with Crippen LogP contribution < -0.4 is 0 Å². The fraction of sp³-hybridized carbons (Fsp3) is 0. The Labute approximate surface area is 54.4 Å².